The van der Waals surface area contributed by atoms with Crippen LogP contribution in [0.3, 0.4) is 0 Å². The lowest BCUT2D eigenvalue weighted by atomic mass is 9.95. The molecule has 0 aromatic carbocycles. The SMILES string of the molecule is C[C@@H](NCC1CCNCC1)C1CCCC1. The molecule has 15 heavy (non-hydrogen) atoms. The lowest BCUT2D eigenvalue weighted by molar-refractivity contribution is 0.310. The second-order valence-corrected chi connectivity index (χ2v) is 5.43. The second kappa shape index (κ2) is 5.86. The number of rotatable bonds is 4. The Bertz CT molecular complexity index is 169. The highest BCUT2D eigenvalue weighted by Gasteiger charge is 2.22. The van der Waals surface area contributed by atoms with E-state index in [-0.39, 0.29) is 0 Å². The summed E-state index contributed by atoms with van der Waals surface area (Å²) in [6.07, 6.45) is 8.57. The third kappa shape index (κ3) is 3.46. The fraction of sp³-hybridized carbons (Fsp3) is 1.00. The molecule has 0 unspecified atom stereocenters. The van der Waals surface area contributed by atoms with Crippen LogP contribution in [0.2, 0.25) is 0 Å². The first-order valence-electron chi connectivity index (χ1n) is 6.80. The maximum absolute atomic E-state index is 3.77. The zero-order valence-electron chi connectivity index (χ0n) is 10.1. The van der Waals surface area contributed by atoms with Gasteiger partial charge in [-0.2, -0.15) is 0 Å². The van der Waals surface area contributed by atoms with Crippen LogP contribution in [-0.2, 0) is 0 Å². The molecule has 1 heterocycles. The molecule has 2 nitrogen and oxygen atoms in total. The molecule has 2 N–H and O–H groups in total. The zero-order valence-corrected chi connectivity index (χ0v) is 10.1. The van der Waals surface area contributed by atoms with Crippen LogP contribution in [0.1, 0.15) is 45.4 Å². The summed E-state index contributed by atoms with van der Waals surface area (Å²) < 4.78 is 0. The van der Waals surface area contributed by atoms with Crippen molar-refractivity contribution >= 4 is 0 Å². The lowest BCUT2D eigenvalue weighted by Crippen LogP contribution is -2.39. The van der Waals surface area contributed by atoms with Crippen molar-refractivity contribution in [1.82, 2.24) is 10.6 Å². The summed E-state index contributed by atoms with van der Waals surface area (Å²) in [6.45, 7) is 6.09. The van der Waals surface area contributed by atoms with Crippen LogP contribution >= 0.6 is 0 Å². The van der Waals surface area contributed by atoms with Crippen molar-refractivity contribution in [2.75, 3.05) is 19.6 Å². The van der Waals surface area contributed by atoms with Gasteiger partial charge in [0.05, 0.1) is 0 Å². The number of hydrogen-bond donors (Lipinski definition) is 2. The van der Waals surface area contributed by atoms with Crippen LogP contribution in [0.15, 0.2) is 0 Å². The van der Waals surface area contributed by atoms with Crippen molar-refractivity contribution < 1.29 is 0 Å². The molecule has 1 aliphatic carbocycles. The molecule has 0 spiro atoms. The zero-order chi connectivity index (χ0) is 10.5. The monoisotopic (exact) mass is 210 g/mol. The molecule has 2 aliphatic rings. The third-order valence-corrected chi connectivity index (χ3v) is 4.29. The van der Waals surface area contributed by atoms with Gasteiger partial charge in [-0.1, -0.05) is 12.8 Å². The van der Waals surface area contributed by atoms with Crippen LogP contribution in [0.5, 0.6) is 0 Å². The molecule has 0 bridgehead atoms. The van der Waals surface area contributed by atoms with Gasteiger partial charge in [-0.05, 0) is 64.1 Å². The summed E-state index contributed by atoms with van der Waals surface area (Å²) in [5, 5.41) is 7.20. The summed E-state index contributed by atoms with van der Waals surface area (Å²) in [6, 6.07) is 0.752. The van der Waals surface area contributed by atoms with E-state index in [4.69, 9.17) is 0 Å². The molecule has 2 rings (SSSR count). The number of hydrogen-bond acceptors (Lipinski definition) is 2. The van der Waals surface area contributed by atoms with Crippen LogP contribution < -0.4 is 10.6 Å². The minimum atomic E-state index is 0.752. The van der Waals surface area contributed by atoms with E-state index in [9.17, 15) is 0 Å². The molecule has 1 saturated heterocycles. The molecule has 2 heteroatoms. The Hall–Kier alpha value is -0.0800. The standard InChI is InChI=1S/C13H26N2/c1-11(13-4-2-3-5-13)15-10-12-6-8-14-9-7-12/h11-15H,2-10H2,1H3/t11-/m1/s1. The molecule has 1 aliphatic heterocycles. The lowest BCUT2D eigenvalue weighted by Gasteiger charge is -2.27. The first kappa shape index (κ1) is 11.4. The van der Waals surface area contributed by atoms with Crippen LogP contribution in [0, 0.1) is 11.8 Å². The van der Waals surface area contributed by atoms with E-state index in [1.807, 2.05) is 0 Å². The van der Waals surface area contributed by atoms with Gasteiger partial charge in [-0.3, -0.25) is 0 Å². The van der Waals surface area contributed by atoms with Gasteiger partial charge >= 0.3 is 0 Å². The Morgan fingerprint density at radius 1 is 1.13 bits per heavy atom. The predicted molar refractivity (Wildman–Crippen MR) is 65.0 cm³/mol. The van der Waals surface area contributed by atoms with Crippen molar-refractivity contribution in [3.63, 3.8) is 0 Å². The molecule has 0 radical (unpaired) electrons. The molecule has 88 valence electrons. The minimum Gasteiger partial charge on any atom is -0.317 e. The van der Waals surface area contributed by atoms with E-state index >= 15 is 0 Å². The first-order valence-corrected chi connectivity index (χ1v) is 6.80. The van der Waals surface area contributed by atoms with E-state index in [1.54, 1.807) is 0 Å². The van der Waals surface area contributed by atoms with E-state index in [2.05, 4.69) is 17.6 Å². The van der Waals surface area contributed by atoms with Crippen molar-refractivity contribution in [3.8, 4) is 0 Å². The second-order valence-electron chi connectivity index (χ2n) is 5.43. The average molecular weight is 210 g/mol. The van der Waals surface area contributed by atoms with E-state index in [1.165, 1.54) is 58.2 Å². The molecule has 0 aromatic heterocycles. The van der Waals surface area contributed by atoms with E-state index in [0.29, 0.717) is 0 Å². The predicted octanol–water partition coefficient (Wildman–Crippen LogP) is 2.15. The molecular formula is C13H26N2. The van der Waals surface area contributed by atoms with Gasteiger partial charge in [0, 0.05) is 6.04 Å². The summed E-state index contributed by atoms with van der Waals surface area (Å²) in [5.74, 6) is 1.89. The number of nitrogens with one attached hydrogen (secondary N) is 2. The van der Waals surface area contributed by atoms with Crippen molar-refractivity contribution in [2.24, 2.45) is 11.8 Å². The normalized spacial score (nSPS) is 27.0. The van der Waals surface area contributed by atoms with Gasteiger partial charge in [0.15, 0.2) is 0 Å². The molecule has 0 amide bonds. The van der Waals surface area contributed by atoms with Crippen molar-refractivity contribution in [2.45, 2.75) is 51.5 Å². The summed E-state index contributed by atoms with van der Waals surface area (Å²) in [4.78, 5) is 0. The third-order valence-electron chi connectivity index (χ3n) is 4.29. The van der Waals surface area contributed by atoms with Crippen LogP contribution in [-0.4, -0.2) is 25.7 Å². The van der Waals surface area contributed by atoms with Gasteiger partial charge in [0.2, 0.25) is 0 Å². The van der Waals surface area contributed by atoms with E-state index in [0.717, 1.165) is 17.9 Å². The quantitative estimate of drug-likeness (QED) is 0.743. The molecule has 1 saturated carbocycles. The van der Waals surface area contributed by atoms with Crippen LogP contribution in [0.4, 0.5) is 0 Å². The van der Waals surface area contributed by atoms with Gasteiger partial charge in [0.25, 0.3) is 0 Å². The Labute approximate surface area is 94.2 Å². The highest BCUT2D eigenvalue weighted by molar-refractivity contribution is 4.79. The first-order chi connectivity index (χ1) is 7.36. The van der Waals surface area contributed by atoms with Crippen molar-refractivity contribution in [1.29, 1.82) is 0 Å². The number of piperidine rings is 1. The average Bonchev–Trinajstić information content (AvgIpc) is 2.81. The van der Waals surface area contributed by atoms with Crippen molar-refractivity contribution in [3.05, 3.63) is 0 Å². The minimum absolute atomic E-state index is 0.752. The summed E-state index contributed by atoms with van der Waals surface area (Å²) >= 11 is 0. The van der Waals surface area contributed by atoms with E-state index < -0.39 is 0 Å². The van der Waals surface area contributed by atoms with Gasteiger partial charge in [-0.15, -0.1) is 0 Å². The van der Waals surface area contributed by atoms with Crippen LogP contribution in [0.25, 0.3) is 0 Å². The maximum Gasteiger partial charge on any atom is 0.00671 e. The smallest absolute Gasteiger partial charge is 0.00671 e. The maximum atomic E-state index is 3.77. The molecule has 1 atom stereocenters. The molecular weight excluding hydrogens is 184 g/mol. The Balaban J connectivity index is 1.63. The Morgan fingerprint density at radius 2 is 1.80 bits per heavy atom. The fourth-order valence-electron chi connectivity index (χ4n) is 3.06. The highest BCUT2D eigenvalue weighted by Crippen LogP contribution is 2.27. The summed E-state index contributed by atoms with van der Waals surface area (Å²) in [5.41, 5.74) is 0. The largest absolute Gasteiger partial charge is 0.317 e. The van der Waals surface area contributed by atoms with Gasteiger partial charge in [0.1, 0.15) is 0 Å². The molecule has 0 aromatic rings. The van der Waals surface area contributed by atoms with Gasteiger partial charge < -0.3 is 10.6 Å². The summed E-state index contributed by atoms with van der Waals surface area (Å²) in [7, 11) is 0. The van der Waals surface area contributed by atoms with Gasteiger partial charge in [-0.25, -0.2) is 0 Å². The fourth-order valence-corrected chi connectivity index (χ4v) is 3.06. The Kier molecular flexibility index (Phi) is 4.45. The Morgan fingerprint density at radius 3 is 2.47 bits per heavy atom. The molecule has 2 fully saturated rings. The highest BCUT2D eigenvalue weighted by atomic mass is 14.9. The topological polar surface area (TPSA) is 24.1 Å².